The zero-order valence-electron chi connectivity index (χ0n) is 11.4. The molecule has 2 atom stereocenters. The van der Waals surface area contributed by atoms with E-state index in [1.807, 2.05) is 24.5 Å². The quantitative estimate of drug-likeness (QED) is 0.917. The highest BCUT2D eigenvalue weighted by Crippen LogP contribution is 2.23. The highest BCUT2D eigenvalue weighted by Gasteiger charge is 2.32. The first-order valence-electron chi connectivity index (χ1n) is 7.03. The summed E-state index contributed by atoms with van der Waals surface area (Å²) in [7, 11) is 0. The van der Waals surface area contributed by atoms with Gasteiger partial charge >= 0.3 is 0 Å². The Bertz CT molecular complexity index is 532. The van der Waals surface area contributed by atoms with Gasteiger partial charge in [-0.1, -0.05) is 12.1 Å². The molecule has 0 spiro atoms. The minimum Gasteiger partial charge on any atom is -0.391 e. The van der Waals surface area contributed by atoms with Gasteiger partial charge in [0.15, 0.2) is 0 Å². The van der Waals surface area contributed by atoms with E-state index in [1.54, 1.807) is 12.4 Å². The molecule has 0 amide bonds. The first-order valence-corrected chi connectivity index (χ1v) is 7.03. The number of likely N-dealkylation sites (tertiary alicyclic amines) is 1. The molecule has 20 heavy (non-hydrogen) atoms. The van der Waals surface area contributed by atoms with E-state index >= 15 is 0 Å². The van der Waals surface area contributed by atoms with Gasteiger partial charge in [0.25, 0.3) is 0 Å². The zero-order valence-corrected chi connectivity index (χ0v) is 11.4. The third-order valence-electron chi connectivity index (χ3n) is 3.90. The molecule has 1 N–H and O–H groups in total. The Morgan fingerprint density at radius 3 is 2.45 bits per heavy atom. The normalized spacial score (nSPS) is 23.1. The third kappa shape index (κ3) is 3.03. The van der Waals surface area contributed by atoms with E-state index in [-0.39, 0.29) is 12.1 Å². The van der Waals surface area contributed by atoms with Crippen molar-refractivity contribution in [2.24, 2.45) is 0 Å². The monoisotopic (exact) mass is 269 g/mol. The van der Waals surface area contributed by atoms with Crippen LogP contribution < -0.4 is 0 Å². The van der Waals surface area contributed by atoms with Gasteiger partial charge in [0, 0.05) is 43.9 Å². The summed E-state index contributed by atoms with van der Waals surface area (Å²) in [6.07, 6.45) is 8.77. The Morgan fingerprint density at radius 1 is 1.10 bits per heavy atom. The minimum atomic E-state index is -0.258. The van der Waals surface area contributed by atoms with Gasteiger partial charge in [0.05, 0.1) is 6.10 Å². The minimum absolute atomic E-state index is 0.166. The molecule has 1 saturated heterocycles. The number of aliphatic hydroxyl groups is 1. The number of aliphatic hydroxyl groups excluding tert-OH is 1. The second kappa shape index (κ2) is 6.11. The van der Waals surface area contributed by atoms with Gasteiger partial charge in [-0.25, -0.2) is 0 Å². The molecule has 2 aromatic rings. The number of hydrogen-bond donors (Lipinski definition) is 1. The van der Waals surface area contributed by atoms with Crippen molar-refractivity contribution < 1.29 is 5.11 Å². The molecule has 4 heteroatoms. The lowest BCUT2D eigenvalue weighted by Gasteiger charge is -2.26. The fourth-order valence-electron chi connectivity index (χ4n) is 2.85. The van der Waals surface area contributed by atoms with Crippen molar-refractivity contribution in [3.8, 4) is 0 Å². The standard InChI is InChI=1S/C16H19N3O/c20-16-5-8-19(12-14-4-2-7-18-11-14)15(16)9-13-3-1-6-17-10-13/h1-4,6-7,10-11,15-16,20H,5,8-9,12H2/t15-,16-/m1/s1. The predicted octanol–water partition coefficient (Wildman–Crippen LogP) is 1.65. The van der Waals surface area contributed by atoms with Gasteiger partial charge < -0.3 is 5.11 Å². The molecule has 3 heterocycles. The van der Waals surface area contributed by atoms with Crippen LogP contribution in [0.1, 0.15) is 17.5 Å². The van der Waals surface area contributed by atoms with Crippen LogP contribution >= 0.6 is 0 Å². The molecule has 0 unspecified atom stereocenters. The SMILES string of the molecule is O[C@@H]1CCN(Cc2cccnc2)[C@@H]1Cc1cccnc1. The Kier molecular flexibility index (Phi) is 4.04. The maximum atomic E-state index is 10.2. The molecule has 0 bridgehead atoms. The van der Waals surface area contributed by atoms with Crippen molar-refractivity contribution in [1.82, 2.24) is 14.9 Å². The number of pyridine rings is 2. The smallest absolute Gasteiger partial charge is 0.0710 e. The highest BCUT2D eigenvalue weighted by molar-refractivity contribution is 5.13. The fraction of sp³-hybridized carbons (Fsp3) is 0.375. The van der Waals surface area contributed by atoms with E-state index in [0.29, 0.717) is 0 Å². The molecule has 2 aromatic heterocycles. The van der Waals surface area contributed by atoms with Crippen LogP contribution in [-0.4, -0.2) is 38.7 Å². The second-order valence-corrected chi connectivity index (χ2v) is 5.32. The van der Waals surface area contributed by atoms with E-state index < -0.39 is 0 Å². The van der Waals surface area contributed by atoms with Crippen molar-refractivity contribution in [2.75, 3.05) is 6.54 Å². The van der Waals surface area contributed by atoms with Crippen LogP contribution in [0, 0.1) is 0 Å². The summed E-state index contributed by atoms with van der Waals surface area (Å²) in [5.74, 6) is 0. The van der Waals surface area contributed by atoms with Crippen LogP contribution in [0.4, 0.5) is 0 Å². The molecular formula is C16H19N3O. The van der Waals surface area contributed by atoms with Gasteiger partial charge in [-0.05, 0) is 36.1 Å². The Labute approximate surface area is 119 Å². The molecule has 1 aliphatic heterocycles. The molecule has 0 saturated carbocycles. The van der Waals surface area contributed by atoms with Crippen molar-refractivity contribution in [3.05, 3.63) is 60.2 Å². The molecule has 4 nitrogen and oxygen atoms in total. The van der Waals surface area contributed by atoms with E-state index in [9.17, 15) is 5.11 Å². The zero-order chi connectivity index (χ0) is 13.8. The average Bonchev–Trinajstić information content (AvgIpc) is 2.83. The van der Waals surface area contributed by atoms with Crippen LogP contribution in [0.3, 0.4) is 0 Å². The van der Waals surface area contributed by atoms with Crippen LogP contribution in [0.2, 0.25) is 0 Å². The Balaban J connectivity index is 1.70. The van der Waals surface area contributed by atoms with Gasteiger partial charge in [0.1, 0.15) is 0 Å². The summed E-state index contributed by atoms with van der Waals surface area (Å²) in [6.45, 7) is 1.77. The molecule has 1 aliphatic rings. The summed E-state index contributed by atoms with van der Waals surface area (Å²) in [5.41, 5.74) is 2.37. The maximum Gasteiger partial charge on any atom is 0.0710 e. The second-order valence-electron chi connectivity index (χ2n) is 5.32. The van der Waals surface area contributed by atoms with Crippen LogP contribution in [0.25, 0.3) is 0 Å². The lowest BCUT2D eigenvalue weighted by Crippen LogP contribution is -2.36. The average molecular weight is 269 g/mol. The van der Waals surface area contributed by atoms with Gasteiger partial charge in [-0.2, -0.15) is 0 Å². The molecule has 0 radical (unpaired) electrons. The summed E-state index contributed by atoms with van der Waals surface area (Å²) in [4.78, 5) is 10.6. The number of hydrogen-bond acceptors (Lipinski definition) is 4. The first-order chi connectivity index (χ1) is 9.83. The topological polar surface area (TPSA) is 49.2 Å². The van der Waals surface area contributed by atoms with Crippen LogP contribution in [-0.2, 0) is 13.0 Å². The molecule has 104 valence electrons. The fourth-order valence-corrected chi connectivity index (χ4v) is 2.85. The summed E-state index contributed by atoms with van der Waals surface area (Å²) in [6, 6.07) is 8.22. The van der Waals surface area contributed by atoms with Crippen molar-refractivity contribution >= 4 is 0 Å². The molecule has 0 aromatic carbocycles. The lowest BCUT2D eigenvalue weighted by atomic mass is 10.0. The lowest BCUT2D eigenvalue weighted by molar-refractivity contribution is 0.112. The van der Waals surface area contributed by atoms with Gasteiger partial charge in [-0.15, -0.1) is 0 Å². The van der Waals surface area contributed by atoms with Gasteiger partial charge in [-0.3, -0.25) is 14.9 Å². The Hall–Kier alpha value is -1.78. The van der Waals surface area contributed by atoms with E-state index in [2.05, 4.69) is 27.0 Å². The maximum absolute atomic E-state index is 10.2. The van der Waals surface area contributed by atoms with Crippen molar-refractivity contribution in [2.45, 2.75) is 31.5 Å². The van der Waals surface area contributed by atoms with E-state index in [4.69, 9.17) is 0 Å². The summed E-state index contributed by atoms with van der Waals surface area (Å²) >= 11 is 0. The van der Waals surface area contributed by atoms with Gasteiger partial charge in [0.2, 0.25) is 0 Å². The Morgan fingerprint density at radius 2 is 1.80 bits per heavy atom. The van der Waals surface area contributed by atoms with Crippen molar-refractivity contribution in [3.63, 3.8) is 0 Å². The summed E-state index contributed by atoms with van der Waals surface area (Å²) in [5, 5.41) is 10.2. The number of aromatic nitrogens is 2. The van der Waals surface area contributed by atoms with E-state index in [0.717, 1.165) is 25.9 Å². The first kappa shape index (κ1) is 13.2. The third-order valence-corrected chi connectivity index (χ3v) is 3.90. The number of nitrogens with zero attached hydrogens (tertiary/aromatic N) is 3. The molecular weight excluding hydrogens is 250 g/mol. The van der Waals surface area contributed by atoms with Crippen LogP contribution in [0.5, 0.6) is 0 Å². The van der Waals surface area contributed by atoms with E-state index in [1.165, 1.54) is 11.1 Å². The molecule has 1 fully saturated rings. The largest absolute Gasteiger partial charge is 0.391 e. The van der Waals surface area contributed by atoms with Crippen LogP contribution in [0.15, 0.2) is 49.1 Å². The molecule has 0 aliphatic carbocycles. The highest BCUT2D eigenvalue weighted by atomic mass is 16.3. The molecule has 3 rings (SSSR count). The predicted molar refractivity (Wildman–Crippen MR) is 77.0 cm³/mol. The summed E-state index contributed by atoms with van der Waals surface area (Å²) < 4.78 is 0. The van der Waals surface area contributed by atoms with Crippen molar-refractivity contribution in [1.29, 1.82) is 0 Å². The number of rotatable bonds is 4.